The zero-order chi connectivity index (χ0) is 14.6. The first-order valence-electron chi connectivity index (χ1n) is 5.56. The fraction of sp³-hybridized carbons (Fsp3) is 0.0714. The van der Waals surface area contributed by atoms with Gasteiger partial charge in [-0.2, -0.15) is 0 Å². The monoisotopic (exact) mass is 298 g/mol. The van der Waals surface area contributed by atoms with E-state index in [2.05, 4.69) is 4.74 Å². The lowest BCUT2D eigenvalue weighted by atomic mass is 10.1. The van der Waals surface area contributed by atoms with E-state index < -0.39 is 6.36 Å². The van der Waals surface area contributed by atoms with Crippen molar-refractivity contribution < 1.29 is 22.7 Å². The van der Waals surface area contributed by atoms with E-state index in [1.165, 1.54) is 29.5 Å². The van der Waals surface area contributed by atoms with E-state index in [-0.39, 0.29) is 11.5 Å². The fourth-order valence-corrected chi connectivity index (χ4v) is 2.08. The minimum atomic E-state index is -4.73. The fourth-order valence-electron chi connectivity index (χ4n) is 1.46. The van der Waals surface area contributed by atoms with Crippen LogP contribution in [-0.4, -0.2) is 12.1 Å². The van der Waals surface area contributed by atoms with Crippen molar-refractivity contribution in [2.24, 2.45) is 0 Å². The molecule has 0 amide bonds. The molecule has 0 aliphatic carbocycles. The normalized spacial score (nSPS) is 11.8. The molecule has 0 unspecified atom stereocenters. The van der Waals surface area contributed by atoms with E-state index in [1.54, 1.807) is 6.08 Å². The van der Waals surface area contributed by atoms with Crippen molar-refractivity contribution >= 4 is 23.2 Å². The molecule has 0 N–H and O–H groups in total. The summed E-state index contributed by atoms with van der Waals surface area (Å²) in [5.74, 6) is -0.631. The first-order valence-corrected chi connectivity index (χ1v) is 6.44. The van der Waals surface area contributed by atoms with E-state index in [1.807, 2.05) is 17.5 Å². The molecule has 0 fully saturated rings. The maximum Gasteiger partial charge on any atom is 0.573 e. The molecule has 20 heavy (non-hydrogen) atoms. The summed E-state index contributed by atoms with van der Waals surface area (Å²) in [5.41, 5.74) is 0.298. The van der Waals surface area contributed by atoms with Gasteiger partial charge in [0.1, 0.15) is 5.75 Å². The molecule has 0 radical (unpaired) electrons. The Morgan fingerprint density at radius 2 is 1.85 bits per heavy atom. The topological polar surface area (TPSA) is 26.3 Å². The van der Waals surface area contributed by atoms with Crippen LogP contribution in [0, 0.1) is 0 Å². The Morgan fingerprint density at radius 3 is 2.40 bits per heavy atom. The van der Waals surface area contributed by atoms with Gasteiger partial charge in [-0.1, -0.05) is 6.07 Å². The molecule has 104 valence electrons. The smallest absolute Gasteiger partial charge is 0.406 e. The maximum absolute atomic E-state index is 12.0. The van der Waals surface area contributed by atoms with Crippen LogP contribution in [0.15, 0.2) is 47.9 Å². The highest BCUT2D eigenvalue weighted by Crippen LogP contribution is 2.23. The highest BCUT2D eigenvalue weighted by molar-refractivity contribution is 7.10. The van der Waals surface area contributed by atoms with Gasteiger partial charge >= 0.3 is 6.36 Å². The van der Waals surface area contributed by atoms with Crippen LogP contribution in [0.5, 0.6) is 5.75 Å². The Bertz CT molecular complexity index is 598. The number of hydrogen-bond donors (Lipinski definition) is 0. The van der Waals surface area contributed by atoms with Crippen molar-refractivity contribution in [1.82, 2.24) is 0 Å². The third-order valence-corrected chi connectivity index (χ3v) is 3.15. The van der Waals surface area contributed by atoms with Gasteiger partial charge in [-0.15, -0.1) is 24.5 Å². The molecule has 0 atom stereocenters. The van der Waals surface area contributed by atoms with Crippen LogP contribution in [0.25, 0.3) is 6.08 Å². The summed E-state index contributed by atoms with van der Waals surface area (Å²) in [6.07, 6.45) is -1.69. The lowest BCUT2D eigenvalue weighted by Crippen LogP contribution is -2.17. The third kappa shape index (κ3) is 4.24. The number of carbonyl (C=O) groups excluding carboxylic acids is 1. The number of rotatable bonds is 4. The SMILES string of the molecule is O=C(/C=C/c1cccs1)c1ccc(OC(F)(F)F)cc1. The van der Waals surface area contributed by atoms with E-state index in [4.69, 9.17) is 0 Å². The number of ketones is 1. The van der Waals surface area contributed by atoms with Crippen LogP contribution in [0.4, 0.5) is 13.2 Å². The van der Waals surface area contributed by atoms with Crippen molar-refractivity contribution in [2.75, 3.05) is 0 Å². The van der Waals surface area contributed by atoms with Crippen LogP contribution in [0.3, 0.4) is 0 Å². The summed E-state index contributed by atoms with van der Waals surface area (Å²) in [6, 6.07) is 8.52. The summed E-state index contributed by atoms with van der Waals surface area (Å²) in [5, 5.41) is 1.88. The zero-order valence-electron chi connectivity index (χ0n) is 10.1. The molecule has 1 aromatic heterocycles. The molecule has 0 aliphatic heterocycles. The summed E-state index contributed by atoms with van der Waals surface area (Å²) in [6.45, 7) is 0. The summed E-state index contributed by atoms with van der Waals surface area (Å²) in [7, 11) is 0. The number of benzene rings is 1. The highest BCUT2D eigenvalue weighted by atomic mass is 32.1. The Morgan fingerprint density at radius 1 is 1.15 bits per heavy atom. The molecule has 2 aromatic rings. The number of carbonyl (C=O) groups is 1. The first kappa shape index (κ1) is 14.3. The van der Waals surface area contributed by atoms with Gasteiger partial charge in [0.2, 0.25) is 0 Å². The lowest BCUT2D eigenvalue weighted by Gasteiger charge is -2.08. The average molecular weight is 298 g/mol. The molecule has 6 heteroatoms. The minimum absolute atomic E-state index is 0.281. The van der Waals surface area contributed by atoms with Gasteiger partial charge in [-0.3, -0.25) is 4.79 Å². The molecular weight excluding hydrogens is 289 g/mol. The van der Waals surface area contributed by atoms with Gasteiger partial charge in [0.25, 0.3) is 0 Å². The molecule has 1 aromatic carbocycles. The molecule has 2 rings (SSSR count). The second kappa shape index (κ2) is 5.92. The number of hydrogen-bond acceptors (Lipinski definition) is 3. The van der Waals surface area contributed by atoms with Crippen LogP contribution in [-0.2, 0) is 0 Å². The first-order chi connectivity index (χ1) is 9.44. The van der Waals surface area contributed by atoms with Gasteiger partial charge < -0.3 is 4.74 Å². The maximum atomic E-state index is 12.0. The van der Waals surface area contributed by atoms with Crippen LogP contribution in [0.1, 0.15) is 15.2 Å². The van der Waals surface area contributed by atoms with Crippen LogP contribution >= 0.6 is 11.3 Å². The molecule has 0 spiro atoms. The minimum Gasteiger partial charge on any atom is -0.406 e. The van der Waals surface area contributed by atoms with E-state index in [9.17, 15) is 18.0 Å². The van der Waals surface area contributed by atoms with Crippen molar-refractivity contribution in [2.45, 2.75) is 6.36 Å². The second-order valence-electron chi connectivity index (χ2n) is 3.79. The van der Waals surface area contributed by atoms with Gasteiger partial charge in [-0.25, -0.2) is 0 Å². The molecule has 0 aliphatic rings. The number of halogens is 3. The number of thiophene rings is 1. The van der Waals surface area contributed by atoms with Gasteiger partial charge in [0.05, 0.1) is 0 Å². The predicted octanol–water partition coefficient (Wildman–Crippen LogP) is 4.54. The molecule has 1 heterocycles. The van der Waals surface area contributed by atoms with Crippen LogP contribution < -0.4 is 4.74 Å². The number of alkyl halides is 3. The molecule has 0 saturated carbocycles. The molecule has 2 nitrogen and oxygen atoms in total. The van der Waals surface area contributed by atoms with Crippen molar-refractivity contribution in [1.29, 1.82) is 0 Å². The van der Waals surface area contributed by atoms with E-state index in [0.29, 0.717) is 5.56 Å². The molecule has 0 bridgehead atoms. The number of ether oxygens (including phenoxy) is 1. The van der Waals surface area contributed by atoms with Crippen molar-refractivity contribution in [3.63, 3.8) is 0 Å². The van der Waals surface area contributed by atoms with Crippen molar-refractivity contribution in [3.05, 3.63) is 58.3 Å². The average Bonchev–Trinajstić information content (AvgIpc) is 2.88. The summed E-state index contributed by atoms with van der Waals surface area (Å²) in [4.78, 5) is 12.7. The lowest BCUT2D eigenvalue weighted by molar-refractivity contribution is -0.274. The Labute approximate surface area is 117 Å². The summed E-state index contributed by atoms with van der Waals surface area (Å²) >= 11 is 1.48. The zero-order valence-corrected chi connectivity index (χ0v) is 10.9. The standard InChI is InChI=1S/C14H9F3O2S/c15-14(16,17)19-11-5-3-10(4-6-11)13(18)8-7-12-2-1-9-20-12/h1-9H/b8-7+. The van der Waals surface area contributed by atoms with Crippen molar-refractivity contribution in [3.8, 4) is 5.75 Å². The van der Waals surface area contributed by atoms with Gasteiger partial charge in [-0.05, 0) is 47.9 Å². The molecule has 0 saturated heterocycles. The quantitative estimate of drug-likeness (QED) is 0.612. The van der Waals surface area contributed by atoms with E-state index in [0.717, 1.165) is 17.0 Å². The van der Waals surface area contributed by atoms with Gasteiger partial charge in [0.15, 0.2) is 5.78 Å². The predicted molar refractivity (Wildman–Crippen MR) is 70.8 cm³/mol. The third-order valence-electron chi connectivity index (χ3n) is 2.31. The van der Waals surface area contributed by atoms with E-state index >= 15 is 0 Å². The van der Waals surface area contributed by atoms with Crippen LogP contribution in [0.2, 0.25) is 0 Å². The Hall–Kier alpha value is -2.08. The summed E-state index contributed by atoms with van der Waals surface area (Å²) < 4.78 is 39.7. The highest BCUT2D eigenvalue weighted by Gasteiger charge is 2.30. The number of allylic oxidation sites excluding steroid dienone is 1. The van der Waals surface area contributed by atoms with Gasteiger partial charge in [0, 0.05) is 10.4 Å². The Kier molecular flexibility index (Phi) is 4.24. The largest absolute Gasteiger partial charge is 0.573 e. The second-order valence-corrected chi connectivity index (χ2v) is 4.76. The molecular formula is C14H9F3O2S. The Balaban J connectivity index is 2.04.